The fourth-order valence-corrected chi connectivity index (χ4v) is 0.329. The minimum Gasteiger partial charge on any atom is -0.597 e. The highest BCUT2D eigenvalue weighted by atomic mass is 35.5. The van der Waals surface area contributed by atoms with Crippen molar-refractivity contribution in [2.45, 2.75) is 0 Å². The van der Waals surface area contributed by atoms with Gasteiger partial charge >= 0.3 is 0 Å². The maximum atomic E-state index is 10.2. The van der Waals surface area contributed by atoms with Crippen molar-refractivity contribution in [1.82, 2.24) is 0 Å². The van der Waals surface area contributed by atoms with Crippen LogP contribution in [0.4, 0.5) is 0 Å². The van der Waals surface area contributed by atoms with E-state index < -0.39 is 11.8 Å². The standard InChI is InChI=1S/C3H5ClN2O3/c1-9-5-6(8)2-3(4)7/h2H2,1H3/b6-5-. The van der Waals surface area contributed by atoms with E-state index in [0.29, 0.717) is 0 Å². The molecule has 52 valence electrons. The molecule has 0 fully saturated rings. The monoisotopic (exact) mass is 152 g/mol. The Balaban J connectivity index is 3.62. The summed E-state index contributed by atoms with van der Waals surface area (Å²) in [6.45, 7) is -0.491. The summed E-state index contributed by atoms with van der Waals surface area (Å²) >= 11 is 4.81. The van der Waals surface area contributed by atoms with Crippen LogP contribution in [0.15, 0.2) is 5.28 Å². The van der Waals surface area contributed by atoms with Gasteiger partial charge in [0.25, 0.3) is 11.8 Å². The Hall–Kier alpha value is -0.840. The van der Waals surface area contributed by atoms with Gasteiger partial charge in [0.15, 0.2) is 5.28 Å². The summed E-state index contributed by atoms with van der Waals surface area (Å²) in [7, 11) is 1.20. The summed E-state index contributed by atoms with van der Waals surface area (Å²) in [5.74, 6) is 0. The van der Waals surface area contributed by atoms with Crippen molar-refractivity contribution in [3.05, 3.63) is 5.21 Å². The zero-order chi connectivity index (χ0) is 7.28. The second-order valence-corrected chi connectivity index (χ2v) is 1.55. The van der Waals surface area contributed by atoms with E-state index in [1.807, 2.05) is 0 Å². The molecule has 0 atom stereocenters. The first-order valence-electron chi connectivity index (χ1n) is 2.04. The lowest BCUT2D eigenvalue weighted by molar-refractivity contribution is -0.545. The third-order valence-electron chi connectivity index (χ3n) is 0.432. The topological polar surface area (TPSA) is 64.7 Å². The Morgan fingerprint density at radius 2 is 2.56 bits per heavy atom. The SMILES string of the molecule is CO/N=[N+](\[O-])CC(=O)Cl. The molecule has 0 aliphatic rings. The van der Waals surface area contributed by atoms with E-state index in [1.165, 1.54) is 7.11 Å². The van der Waals surface area contributed by atoms with Crippen LogP contribution in [0.2, 0.25) is 0 Å². The molecule has 5 nitrogen and oxygen atoms in total. The molecule has 0 aliphatic heterocycles. The summed E-state index contributed by atoms with van der Waals surface area (Å²) in [6.07, 6.45) is 0. The number of hydroxylamine groups is 1. The maximum Gasteiger partial charge on any atom is 0.290 e. The number of carbonyl (C=O) groups excluding carboxylic acids is 1. The van der Waals surface area contributed by atoms with Crippen LogP contribution in [-0.4, -0.2) is 23.8 Å². The predicted octanol–water partition coefficient (Wildman–Crippen LogP) is 0.276. The van der Waals surface area contributed by atoms with Gasteiger partial charge in [0.2, 0.25) is 0 Å². The van der Waals surface area contributed by atoms with Crippen molar-refractivity contribution in [2.24, 2.45) is 5.28 Å². The Morgan fingerprint density at radius 1 is 2.00 bits per heavy atom. The van der Waals surface area contributed by atoms with E-state index in [2.05, 4.69) is 10.1 Å². The molecule has 0 rings (SSSR count). The fourth-order valence-electron chi connectivity index (χ4n) is 0.226. The number of hydrogen-bond acceptors (Lipinski definition) is 4. The number of nitrogens with zero attached hydrogens (tertiary/aromatic N) is 2. The summed E-state index contributed by atoms with van der Waals surface area (Å²) in [5.41, 5.74) is 0. The molecule has 0 aliphatic carbocycles. The van der Waals surface area contributed by atoms with E-state index in [4.69, 9.17) is 11.6 Å². The van der Waals surface area contributed by atoms with Crippen LogP contribution in [0.5, 0.6) is 0 Å². The molecular weight excluding hydrogens is 147 g/mol. The average Bonchev–Trinajstić information content (AvgIpc) is 1.63. The van der Waals surface area contributed by atoms with Gasteiger partial charge in [0, 0.05) is 0 Å². The highest BCUT2D eigenvalue weighted by Crippen LogP contribution is 1.82. The number of carbonyl (C=O) groups is 1. The lowest BCUT2D eigenvalue weighted by Crippen LogP contribution is -2.08. The van der Waals surface area contributed by atoms with Gasteiger partial charge in [-0.05, 0) is 16.5 Å². The Morgan fingerprint density at radius 3 is 2.89 bits per heavy atom. The second-order valence-electron chi connectivity index (χ2n) is 1.13. The minimum absolute atomic E-state index is 0.0509. The van der Waals surface area contributed by atoms with Gasteiger partial charge in [0.05, 0.1) is 0 Å². The lowest BCUT2D eigenvalue weighted by Gasteiger charge is -1.92. The summed E-state index contributed by atoms with van der Waals surface area (Å²) in [4.78, 5) is 14.0. The Kier molecular flexibility index (Phi) is 3.70. The van der Waals surface area contributed by atoms with Gasteiger partial charge < -0.3 is 10.0 Å². The first-order chi connectivity index (χ1) is 4.16. The smallest absolute Gasteiger partial charge is 0.290 e. The fraction of sp³-hybridized carbons (Fsp3) is 0.667. The van der Waals surface area contributed by atoms with E-state index in [0.717, 1.165) is 0 Å². The Labute approximate surface area is 56.4 Å². The summed E-state index contributed by atoms with van der Waals surface area (Å²) < 4.78 is 0. The van der Waals surface area contributed by atoms with E-state index in [-0.39, 0.29) is 4.86 Å². The highest BCUT2D eigenvalue weighted by Gasteiger charge is 2.02. The third-order valence-corrected chi connectivity index (χ3v) is 0.552. The molecule has 0 bridgehead atoms. The van der Waals surface area contributed by atoms with Crippen molar-refractivity contribution in [3.63, 3.8) is 0 Å². The van der Waals surface area contributed by atoms with Gasteiger partial charge in [-0.25, -0.2) is 0 Å². The van der Waals surface area contributed by atoms with Crippen LogP contribution in [-0.2, 0) is 9.63 Å². The van der Waals surface area contributed by atoms with E-state index in [1.54, 1.807) is 0 Å². The van der Waals surface area contributed by atoms with Crippen molar-refractivity contribution in [1.29, 1.82) is 0 Å². The van der Waals surface area contributed by atoms with Crippen molar-refractivity contribution < 1.29 is 14.5 Å². The highest BCUT2D eigenvalue weighted by molar-refractivity contribution is 6.63. The molecular formula is C3H5ClN2O3. The largest absolute Gasteiger partial charge is 0.597 e. The van der Waals surface area contributed by atoms with Gasteiger partial charge in [-0.1, -0.05) is 0 Å². The lowest BCUT2D eigenvalue weighted by atomic mass is 10.8. The molecule has 6 heteroatoms. The van der Waals surface area contributed by atoms with Gasteiger partial charge in [-0.3, -0.25) is 4.79 Å². The second kappa shape index (κ2) is 4.08. The molecule has 0 saturated heterocycles. The van der Waals surface area contributed by atoms with Crippen molar-refractivity contribution >= 4 is 16.8 Å². The predicted molar refractivity (Wildman–Crippen MR) is 28.8 cm³/mol. The first kappa shape index (κ1) is 8.16. The average molecular weight is 153 g/mol. The number of rotatable bonds is 3. The van der Waals surface area contributed by atoms with Crippen LogP contribution in [0.25, 0.3) is 0 Å². The zero-order valence-electron chi connectivity index (χ0n) is 4.70. The molecule has 0 aromatic rings. The van der Waals surface area contributed by atoms with E-state index in [9.17, 15) is 10.0 Å². The molecule has 0 amide bonds. The molecule has 0 aromatic carbocycles. The molecule has 0 unspecified atom stereocenters. The Bertz CT molecular complexity index is 135. The molecule has 0 radical (unpaired) electrons. The number of halogens is 1. The van der Waals surface area contributed by atoms with Crippen molar-refractivity contribution in [2.75, 3.05) is 13.7 Å². The molecule has 0 heterocycles. The zero-order valence-corrected chi connectivity index (χ0v) is 5.46. The van der Waals surface area contributed by atoms with Crippen LogP contribution in [0.1, 0.15) is 0 Å². The van der Waals surface area contributed by atoms with Crippen LogP contribution < -0.4 is 0 Å². The maximum absolute atomic E-state index is 10.2. The first-order valence-corrected chi connectivity index (χ1v) is 2.41. The molecule has 0 spiro atoms. The number of hydrogen-bond donors (Lipinski definition) is 0. The van der Waals surface area contributed by atoms with Gasteiger partial charge in [-0.2, -0.15) is 0 Å². The minimum atomic E-state index is -0.772. The molecule has 0 aromatic heterocycles. The molecule has 0 N–H and O–H groups in total. The van der Waals surface area contributed by atoms with Crippen molar-refractivity contribution in [3.8, 4) is 0 Å². The van der Waals surface area contributed by atoms with Gasteiger partial charge in [0.1, 0.15) is 7.11 Å². The summed E-state index contributed by atoms with van der Waals surface area (Å²) in [6, 6.07) is 0. The molecule has 0 saturated carbocycles. The van der Waals surface area contributed by atoms with Crippen LogP contribution in [0.3, 0.4) is 0 Å². The quantitative estimate of drug-likeness (QED) is 0.252. The van der Waals surface area contributed by atoms with Crippen LogP contribution in [0, 0.1) is 5.21 Å². The van der Waals surface area contributed by atoms with Crippen LogP contribution >= 0.6 is 11.6 Å². The van der Waals surface area contributed by atoms with Gasteiger partial charge in [-0.15, -0.1) is 0 Å². The summed E-state index contributed by atoms with van der Waals surface area (Å²) in [5, 5.41) is 12.2. The third kappa shape index (κ3) is 5.02. The van der Waals surface area contributed by atoms with E-state index >= 15 is 0 Å². The molecule has 9 heavy (non-hydrogen) atoms. The normalized spacial score (nSPS) is 11.1.